The van der Waals surface area contributed by atoms with E-state index in [1.807, 2.05) is 11.8 Å². The van der Waals surface area contributed by atoms with Gasteiger partial charge in [0, 0.05) is 49.3 Å². The van der Waals surface area contributed by atoms with Crippen LogP contribution in [0.1, 0.15) is 30.4 Å². The van der Waals surface area contributed by atoms with E-state index >= 15 is 0 Å². The van der Waals surface area contributed by atoms with Crippen LogP contribution in [0.5, 0.6) is 0 Å². The summed E-state index contributed by atoms with van der Waals surface area (Å²) in [5, 5.41) is 6.50. The number of hydrogen-bond donors (Lipinski definition) is 2. The van der Waals surface area contributed by atoms with Crippen molar-refractivity contribution in [2.75, 3.05) is 36.5 Å². The first-order valence-corrected chi connectivity index (χ1v) is 9.79. The Labute approximate surface area is 167 Å². The number of aryl methyl sites for hydroxylation is 1. The molecule has 2 N–H and O–H groups in total. The first-order valence-electron chi connectivity index (χ1n) is 8.63. The van der Waals surface area contributed by atoms with Gasteiger partial charge in [0.2, 0.25) is 5.91 Å². The lowest BCUT2D eigenvalue weighted by Crippen LogP contribution is -2.32. The second-order valence-corrected chi connectivity index (χ2v) is 7.81. The molecule has 1 unspecified atom stereocenters. The van der Waals surface area contributed by atoms with Crippen molar-refractivity contribution in [1.82, 2.24) is 10.2 Å². The van der Waals surface area contributed by atoms with Crippen LogP contribution >= 0.6 is 36.6 Å². The molecular formula is C18H29Cl2N3OS. The molecule has 0 spiro atoms. The Balaban J connectivity index is 0.00000156. The Hall–Kier alpha value is -0.460. The molecule has 1 atom stereocenters. The molecule has 1 aromatic rings. The number of thioether (sulfide) groups is 1. The lowest BCUT2D eigenvalue weighted by atomic mass is 10.1. The van der Waals surface area contributed by atoms with Crippen LogP contribution in [0, 0.1) is 6.92 Å². The highest BCUT2D eigenvalue weighted by Gasteiger charge is 2.18. The molecule has 0 radical (unpaired) electrons. The fourth-order valence-corrected chi connectivity index (χ4v) is 4.25. The number of carbonyl (C=O) groups is 1. The third-order valence-electron chi connectivity index (χ3n) is 4.68. The van der Waals surface area contributed by atoms with E-state index in [2.05, 4.69) is 40.7 Å². The molecule has 142 valence electrons. The fraction of sp³-hybridized carbons (Fsp3) is 0.611. The molecule has 3 rings (SSSR count). The summed E-state index contributed by atoms with van der Waals surface area (Å²) in [4.78, 5) is 14.8. The van der Waals surface area contributed by atoms with E-state index in [1.54, 1.807) is 0 Å². The maximum Gasteiger partial charge on any atom is 0.225 e. The maximum absolute atomic E-state index is 12.3. The van der Waals surface area contributed by atoms with Crippen LogP contribution in [0.3, 0.4) is 0 Å². The highest BCUT2D eigenvalue weighted by atomic mass is 35.5. The highest BCUT2D eigenvalue weighted by Crippen LogP contribution is 2.20. The minimum Gasteiger partial charge on any atom is -0.326 e. The normalized spacial score (nSPS) is 20.4. The Morgan fingerprint density at radius 2 is 2.08 bits per heavy atom. The maximum atomic E-state index is 12.3. The van der Waals surface area contributed by atoms with E-state index in [1.165, 1.54) is 23.5 Å². The monoisotopic (exact) mass is 405 g/mol. The first-order chi connectivity index (χ1) is 11.2. The van der Waals surface area contributed by atoms with Gasteiger partial charge in [0.25, 0.3) is 0 Å². The molecule has 4 nitrogen and oxygen atoms in total. The Morgan fingerprint density at radius 3 is 2.76 bits per heavy atom. The van der Waals surface area contributed by atoms with Gasteiger partial charge in [0.15, 0.2) is 0 Å². The van der Waals surface area contributed by atoms with Crippen LogP contribution in [0.2, 0.25) is 0 Å². The summed E-state index contributed by atoms with van der Waals surface area (Å²) < 4.78 is 0. The summed E-state index contributed by atoms with van der Waals surface area (Å²) >= 11 is 2.03. The van der Waals surface area contributed by atoms with E-state index in [0.29, 0.717) is 12.5 Å². The van der Waals surface area contributed by atoms with Gasteiger partial charge in [-0.2, -0.15) is 11.8 Å². The van der Waals surface area contributed by atoms with Gasteiger partial charge in [-0.15, -0.1) is 24.8 Å². The molecule has 2 aliphatic heterocycles. The summed E-state index contributed by atoms with van der Waals surface area (Å²) in [5.74, 6) is 2.58. The van der Waals surface area contributed by atoms with Gasteiger partial charge < -0.3 is 10.6 Å². The molecule has 0 bridgehead atoms. The highest BCUT2D eigenvalue weighted by molar-refractivity contribution is 7.99. The van der Waals surface area contributed by atoms with E-state index in [0.717, 1.165) is 43.9 Å². The molecule has 7 heteroatoms. The number of amides is 1. The van der Waals surface area contributed by atoms with Crippen LogP contribution in [0.4, 0.5) is 5.69 Å². The molecular weight excluding hydrogens is 377 g/mol. The summed E-state index contributed by atoms with van der Waals surface area (Å²) in [7, 11) is 0. The summed E-state index contributed by atoms with van der Waals surface area (Å²) in [6.45, 7) is 6.40. The predicted molar refractivity (Wildman–Crippen MR) is 113 cm³/mol. The number of nitrogens with zero attached hydrogens (tertiary/aromatic N) is 1. The van der Waals surface area contributed by atoms with Crippen molar-refractivity contribution < 1.29 is 4.79 Å². The summed E-state index contributed by atoms with van der Waals surface area (Å²) in [6, 6.07) is 6.81. The molecule has 1 aromatic carbocycles. The number of carbonyl (C=O) groups excluding carboxylic acids is 1. The lowest BCUT2D eigenvalue weighted by molar-refractivity contribution is -0.116. The predicted octanol–water partition coefficient (Wildman–Crippen LogP) is 3.47. The van der Waals surface area contributed by atoms with Gasteiger partial charge in [0.1, 0.15) is 0 Å². The SMILES string of the molecule is Cc1ccc(CN2CCSCC2)cc1NC(=O)CC1CCCN1.Cl.Cl. The molecule has 0 aromatic heterocycles. The molecule has 0 saturated carbocycles. The summed E-state index contributed by atoms with van der Waals surface area (Å²) in [6.07, 6.45) is 2.87. The van der Waals surface area contributed by atoms with Crippen molar-refractivity contribution >= 4 is 48.2 Å². The Morgan fingerprint density at radius 1 is 1.32 bits per heavy atom. The number of rotatable bonds is 5. The van der Waals surface area contributed by atoms with Crippen molar-refractivity contribution in [3.05, 3.63) is 29.3 Å². The van der Waals surface area contributed by atoms with Gasteiger partial charge >= 0.3 is 0 Å². The van der Waals surface area contributed by atoms with Crippen LogP contribution in [0.25, 0.3) is 0 Å². The zero-order valence-corrected chi connectivity index (χ0v) is 17.2. The molecule has 2 aliphatic rings. The molecule has 1 amide bonds. The van der Waals surface area contributed by atoms with Crippen molar-refractivity contribution in [1.29, 1.82) is 0 Å². The molecule has 2 saturated heterocycles. The number of nitrogens with one attached hydrogen (secondary N) is 2. The minimum absolute atomic E-state index is 0. The number of halogens is 2. The lowest BCUT2D eigenvalue weighted by Gasteiger charge is -2.26. The van der Waals surface area contributed by atoms with Crippen LogP contribution in [-0.4, -0.2) is 48.0 Å². The standard InChI is InChI=1S/C18H27N3OS.2ClH/c1-14-4-5-15(13-21-7-9-23-10-8-21)11-17(14)20-18(22)12-16-3-2-6-19-16;;/h4-5,11,16,19H,2-3,6-10,12-13H2,1H3,(H,20,22);2*1H. The average molecular weight is 406 g/mol. The van der Waals surface area contributed by atoms with E-state index < -0.39 is 0 Å². The van der Waals surface area contributed by atoms with Gasteiger partial charge in [-0.3, -0.25) is 9.69 Å². The zero-order valence-electron chi connectivity index (χ0n) is 14.8. The first kappa shape index (κ1) is 22.6. The van der Waals surface area contributed by atoms with Crippen LogP contribution < -0.4 is 10.6 Å². The molecule has 25 heavy (non-hydrogen) atoms. The fourth-order valence-electron chi connectivity index (χ4n) is 3.28. The van der Waals surface area contributed by atoms with E-state index in [9.17, 15) is 4.79 Å². The largest absolute Gasteiger partial charge is 0.326 e. The van der Waals surface area contributed by atoms with Gasteiger partial charge in [-0.05, 0) is 43.5 Å². The minimum atomic E-state index is 0. The molecule has 2 fully saturated rings. The van der Waals surface area contributed by atoms with Crippen molar-refractivity contribution in [3.63, 3.8) is 0 Å². The Bertz CT molecular complexity index is 547. The van der Waals surface area contributed by atoms with Crippen molar-refractivity contribution in [3.8, 4) is 0 Å². The van der Waals surface area contributed by atoms with E-state index in [4.69, 9.17) is 0 Å². The van der Waals surface area contributed by atoms with E-state index in [-0.39, 0.29) is 30.7 Å². The quantitative estimate of drug-likeness (QED) is 0.786. The van der Waals surface area contributed by atoms with Crippen LogP contribution in [-0.2, 0) is 11.3 Å². The van der Waals surface area contributed by atoms with Crippen LogP contribution in [0.15, 0.2) is 18.2 Å². The summed E-state index contributed by atoms with van der Waals surface area (Å²) in [5.41, 5.74) is 3.39. The average Bonchev–Trinajstić information content (AvgIpc) is 3.04. The second kappa shape index (κ2) is 11.3. The topological polar surface area (TPSA) is 44.4 Å². The van der Waals surface area contributed by atoms with Gasteiger partial charge in [-0.1, -0.05) is 12.1 Å². The third-order valence-corrected chi connectivity index (χ3v) is 5.62. The number of hydrogen-bond acceptors (Lipinski definition) is 4. The smallest absolute Gasteiger partial charge is 0.225 e. The molecule has 2 heterocycles. The number of anilines is 1. The third kappa shape index (κ3) is 6.99. The second-order valence-electron chi connectivity index (χ2n) is 6.58. The van der Waals surface area contributed by atoms with Gasteiger partial charge in [-0.25, -0.2) is 0 Å². The molecule has 0 aliphatic carbocycles. The Kier molecular flexibility index (Phi) is 10.2. The van der Waals surface area contributed by atoms with Crippen molar-refractivity contribution in [2.45, 2.75) is 38.8 Å². The van der Waals surface area contributed by atoms with Gasteiger partial charge in [0.05, 0.1) is 0 Å². The number of benzene rings is 1. The zero-order chi connectivity index (χ0) is 16.1. The van der Waals surface area contributed by atoms with Crippen molar-refractivity contribution in [2.24, 2.45) is 0 Å².